The van der Waals surface area contributed by atoms with E-state index in [1.165, 1.54) is 6.33 Å². The number of nitrogen functional groups attached to an aromatic ring is 1. The Morgan fingerprint density at radius 1 is 1.45 bits per heavy atom. The molecule has 0 amide bonds. The summed E-state index contributed by atoms with van der Waals surface area (Å²) in [5.74, 6) is 0.449. The van der Waals surface area contributed by atoms with Crippen LogP contribution in [0.15, 0.2) is 11.3 Å². The number of aromatic nitrogens is 2. The highest BCUT2D eigenvalue weighted by Crippen LogP contribution is 2.30. The largest absolute Gasteiger partial charge is 0.382 e. The van der Waals surface area contributed by atoms with Crippen LogP contribution in [0.2, 0.25) is 0 Å². The van der Waals surface area contributed by atoms with Gasteiger partial charge in [0.25, 0.3) is 0 Å². The van der Waals surface area contributed by atoms with Gasteiger partial charge >= 0.3 is 0 Å². The Kier molecular flexibility index (Phi) is 1.38. The van der Waals surface area contributed by atoms with Crippen molar-refractivity contribution in [1.82, 2.24) is 9.97 Å². The molecule has 1 aromatic heterocycles. The smallest absolute Gasteiger partial charge is 0.153 e. The standard InChI is InChI=1S/C6H5BrN4/c7-4-1-3-5(11-4)6(8)10-2-9-3/h2H,1H2,(H2,8,9,10). The lowest BCUT2D eigenvalue weighted by Gasteiger charge is -1.96. The van der Waals surface area contributed by atoms with E-state index in [1.807, 2.05) is 0 Å². The van der Waals surface area contributed by atoms with Crippen LogP contribution < -0.4 is 5.73 Å². The summed E-state index contributed by atoms with van der Waals surface area (Å²) < 4.78 is 0.861. The molecule has 1 aliphatic heterocycles. The highest BCUT2D eigenvalue weighted by molar-refractivity contribution is 9.18. The Morgan fingerprint density at radius 2 is 2.27 bits per heavy atom. The molecule has 56 valence electrons. The van der Waals surface area contributed by atoms with Gasteiger partial charge in [-0.1, -0.05) is 0 Å². The number of nitrogens with two attached hydrogens (primary N) is 1. The van der Waals surface area contributed by atoms with Crippen molar-refractivity contribution in [3.8, 4) is 0 Å². The van der Waals surface area contributed by atoms with Crippen LogP contribution in [-0.2, 0) is 6.42 Å². The van der Waals surface area contributed by atoms with Crippen LogP contribution in [0.4, 0.5) is 11.5 Å². The van der Waals surface area contributed by atoms with Gasteiger partial charge in [-0.15, -0.1) is 0 Å². The molecule has 2 N–H and O–H groups in total. The molecule has 0 fully saturated rings. The zero-order valence-corrected chi connectivity index (χ0v) is 7.17. The fourth-order valence-corrected chi connectivity index (χ4v) is 1.42. The summed E-state index contributed by atoms with van der Waals surface area (Å²) in [6, 6.07) is 0. The minimum Gasteiger partial charge on any atom is -0.382 e. The quantitative estimate of drug-likeness (QED) is 0.700. The average Bonchev–Trinajstić information content (AvgIpc) is 2.31. The van der Waals surface area contributed by atoms with E-state index in [0.717, 1.165) is 16.7 Å². The fraction of sp³-hybridized carbons (Fsp3) is 0.167. The first-order valence-electron chi connectivity index (χ1n) is 3.10. The van der Waals surface area contributed by atoms with Crippen molar-refractivity contribution in [3.63, 3.8) is 0 Å². The second kappa shape index (κ2) is 2.27. The van der Waals surface area contributed by atoms with Crippen LogP contribution in [0.1, 0.15) is 5.69 Å². The van der Waals surface area contributed by atoms with Crippen molar-refractivity contribution in [2.75, 3.05) is 5.73 Å². The number of hydrogen-bond donors (Lipinski definition) is 1. The van der Waals surface area contributed by atoms with Gasteiger partial charge < -0.3 is 5.73 Å². The minimum absolute atomic E-state index is 0.449. The number of anilines is 1. The number of aliphatic imine (C=N–C) groups is 1. The van der Waals surface area contributed by atoms with Crippen LogP contribution in [0, 0.1) is 0 Å². The zero-order valence-electron chi connectivity index (χ0n) is 5.58. The molecule has 4 nitrogen and oxygen atoms in total. The topological polar surface area (TPSA) is 64.2 Å². The van der Waals surface area contributed by atoms with Crippen molar-refractivity contribution in [2.45, 2.75) is 6.42 Å². The Hall–Kier alpha value is -0.970. The summed E-state index contributed by atoms with van der Waals surface area (Å²) in [6.07, 6.45) is 2.18. The molecular weight excluding hydrogens is 208 g/mol. The summed E-state index contributed by atoms with van der Waals surface area (Å²) in [5.41, 5.74) is 7.16. The molecule has 0 aromatic carbocycles. The van der Waals surface area contributed by atoms with Gasteiger partial charge in [0, 0.05) is 6.42 Å². The molecule has 2 rings (SSSR count). The molecule has 0 saturated carbocycles. The van der Waals surface area contributed by atoms with Crippen molar-refractivity contribution in [1.29, 1.82) is 0 Å². The zero-order chi connectivity index (χ0) is 7.84. The Bertz CT molecular complexity index is 333. The molecular formula is C6H5BrN4. The third kappa shape index (κ3) is 1.01. The Morgan fingerprint density at radius 3 is 3.00 bits per heavy atom. The van der Waals surface area contributed by atoms with E-state index in [0.29, 0.717) is 11.5 Å². The van der Waals surface area contributed by atoms with E-state index < -0.39 is 0 Å². The normalized spacial score (nSPS) is 14.5. The third-order valence-electron chi connectivity index (χ3n) is 1.47. The van der Waals surface area contributed by atoms with Crippen molar-refractivity contribution < 1.29 is 0 Å². The SMILES string of the molecule is Nc1ncnc2c1N=C(Br)C2. The van der Waals surface area contributed by atoms with Crippen molar-refractivity contribution in [3.05, 3.63) is 12.0 Å². The lowest BCUT2D eigenvalue weighted by atomic mass is 10.3. The van der Waals surface area contributed by atoms with Gasteiger partial charge in [-0.2, -0.15) is 0 Å². The minimum atomic E-state index is 0.449. The summed E-state index contributed by atoms with van der Waals surface area (Å²) in [5, 5.41) is 0. The first kappa shape index (κ1) is 6.72. The fourth-order valence-electron chi connectivity index (χ4n) is 0.981. The molecule has 2 heterocycles. The second-order valence-corrected chi connectivity index (χ2v) is 3.13. The predicted octanol–water partition coefficient (Wildman–Crippen LogP) is 1.04. The Balaban J connectivity index is 2.61. The molecule has 0 unspecified atom stereocenters. The monoisotopic (exact) mass is 212 g/mol. The molecule has 1 aliphatic rings. The Labute approximate surface area is 71.7 Å². The number of rotatable bonds is 0. The lowest BCUT2D eigenvalue weighted by molar-refractivity contribution is 1.10. The highest BCUT2D eigenvalue weighted by atomic mass is 79.9. The molecule has 1 aromatic rings. The summed E-state index contributed by atoms with van der Waals surface area (Å²) in [6.45, 7) is 0. The van der Waals surface area contributed by atoms with Gasteiger partial charge in [-0.25, -0.2) is 15.0 Å². The van der Waals surface area contributed by atoms with Gasteiger partial charge in [-0.3, -0.25) is 0 Å². The summed E-state index contributed by atoms with van der Waals surface area (Å²) in [7, 11) is 0. The van der Waals surface area contributed by atoms with E-state index >= 15 is 0 Å². The molecule has 0 aliphatic carbocycles. The second-order valence-electron chi connectivity index (χ2n) is 2.22. The molecule has 0 spiro atoms. The van der Waals surface area contributed by atoms with E-state index in [4.69, 9.17) is 5.73 Å². The maximum absolute atomic E-state index is 5.56. The predicted molar refractivity (Wildman–Crippen MR) is 46.2 cm³/mol. The number of fused-ring (bicyclic) bond motifs is 1. The third-order valence-corrected chi connectivity index (χ3v) is 1.93. The molecule has 0 bridgehead atoms. The van der Waals surface area contributed by atoms with E-state index in [9.17, 15) is 0 Å². The average molecular weight is 213 g/mol. The maximum atomic E-state index is 5.56. The molecule has 0 saturated heterocycles. The first-order chi connectivity index (χ1) is 5.27. The van der Waals surface area contributed by atoms with Gasteiger partial charge in [-0.05, 0) is 15.9 Å². The molecule has 11 heavy (non-hydrogen) atoms. The first-order valence-corrected chi connectivity index (χ1v) is 3.89. The van der Waals surface area contributed by atoms with Gasteiger partial charge in [0.15, 0.2) is 5.82 Å². The number of nitrogens with zero attached hydrogens (tertiary/aromatic N) is 3. The molecule has 5 heteroatoms. The summed E-state index contributed by atoms with van der Waals surface area (Å²) in [4.78, 5) is 12.0. The van der Waals surface area contributed by atoms with Gasteiger partial charge in [0.1, 0.15) is 12.0 Å². The van der Waals surface area contributed by atoms with Crippen LogP contribution in [0.5, 0.6) is 0 Å². The molecule has 0 atom stereocenters. The van der Waals surface area contributed by atoms with Gasteiger partial charge in [0.05, 0.1) is 10.3 Å². The number of halogens is 1. The van der Waals surface area contributed by atoms with Crippen molar-refractivity contribution in [2.24, 2.45) is 4.99 Å². The van der Waals surface area contributed by atoms with Crippen LogP contribution in [-0.4, -0.2) is 14.6 Å². The summed E-state index contributed by atoms with van der Waals surface area (Å²) >= 11 is 3.28. The van der Waals surface area contributed by atoms with Crippen LogP contribution >= 0.6 is 15.9 Å². The van der Waals surface area contributed by atoms with Crippen molar-refractivity contribution >= 4 is 32.1 Å². The number of hydrogen-bond acceptors (Lipinski definition) is 4. The highest BCUT2D eigenvalue weighted by Gasteiger charge is 2.16. The van der Waals surface area contributed by atoms with E-state index in [1.54, 1.807) is 0 Å². The maximum Gasteiger partial charge on any atom is 0.153 e. The van der Waals surface area contributed by atoms with Crippen LogP contribution in [0.3, 0.4) is 0 Å². The van der Waals surface area contributed by atoms with E-state index in [2.05, 4.69) is 30.9 Å². The van der Waals surface area contributed by atoms with Gasteiger partial charge in [0.2, 0.25) is 0 Å². The molecule has 0 radical (unpaired) electrons. The van der Waals surface area contributed by atoms with Crippen LogP contribution in [0.25, 0.3) is 0 Å². The van der Waals surface area contributed by atoms with E-state index in [-0.39, 0.29) is 0 Å². The lowest BCUT2D eigenvalue weighted by Crippen LogP contribution is -1.94.